The van der Waals surface area contributed by atoms with E-state index in [4.69, 9.17) is 0 Å². The Labute approximate surface area is 92.8 Å². The van der Waals surface area contributed by atoms with Crippen molar-refractivity contribution in [1.29, 1.82) is 0 Å². The largest absolute Gasteiger partial charge is 0.351 e. The predicted molar refractivity (Wildman–Crippen MR) is 61.5 cm³/mol. The summed E-state index contributed by atoms with van der Waals surface area (Å²) in [5, 5.41) is 3.09. The lowest BCUT2D eigenvalue weighted by molar-refractivity contribution is -0.119. The van der Waals surface area contributed by atoms with Crippen LogP contribution in [0.15, 0.2) is 0 Å². The molecule has 1 heterocycles. The van der Waals surface area contributed by atoms with Crippen LogP contribution in [0.3, 0.4) is 0 Å². The van der Waals surface area contributed by atoms with Crippen LogP contribution in [0.4, 0.5) is 0 Å². The Kier molecular flexibility index (Phi) is 3.03. The van der Waals surface area contributed by atoms with Crippen molar-refractivity contribution in [2.45, 2.75) is 64.3 Å². The van der Waals surface area contributed by atoms with Gasteiger partial charge in [0.1, 0.15) is 0 Å². The lowest BCUT2D eigenvalue weighted by Gasteiger charge is -2.31. The molecule has 2 aliphatic rings. The maximum Gasteiger partial charge on any atom is 0.220 e. The Morgan fingerprint density at radius 2 is 1.93 bits per heavy atom. The van der Waals surface area contributed by atoms with E-state index in [2.05, 4.69) is 19.2 Å². The number of nitrogens with one attached hydrogen (secondary N) is 1. The van der Waals surface area contributed by atoms with E-state index in [1.807, 2.05) is 0 Å². The van der Waals surface area contributed by atoms with Gasteiger partial charge in [-0.05, 0) is 32.1 Å². The predicted octanol–water partition coefficient (Wildman–Crippen LogP) is 2.87. The Hall–Kier alpha value is -0.530. The lowest BCUT2D eigenvalue weighted by Crippen LogP contribution is -2.40. The summed E-state index contributed by atoms with van der Waals surface area (Å²) in [6.07, 6.45) is 9.01. The molecule has 0 spiro atoms. The first kappa shape index (κ1) is 11.0. The summed E-state index contributed by atoms with van der Waals surface area (Å²) in [5.41, 5.74) is 0.0362. The summed E-state index contributed by atoms with van der Waals surface area (Å²) >= 11 is 0. The molecule has 1 saturated carbocycles. The number of amides is 1. The summed E-state index contributed by atoms with van der Waals surface area (Å²) < 4.78 is 0. The number of carbonyl (C=O) groups excluding carboxylic acids is 1. The molecular weight excluding hydrogens is 186 g/mol. The summed E-state index contributed by atoms with van der Waals surface area (Å²) in [6.45, 7) is 4.34. The van der Waals surface area contributed by atoms with Crippen LogP contribution in [-0.4, -0.2) is 11.4 Å². The maximum absolute atomic E-state index is 11.4. The first-order chi connectivity index (χ1) is 7.08. The third-order valence-corrected chi connectivity index (χ3v) is 4.26. The molecule has 1 aliphatic heterocycles. The van der Waals surface area contributed by atoms with Crippen LogP contribution >= 0.6 is 0 Å². The summed E-state index contributed by atoms with van der Waals surface area (Å²) in [6, 6.07) is 0. The molecule has 0 aromatic rings. The van der Waals surface area contributed by atoms with Crippen molar-refractivity contribution in [3.05, 3.63) is 0 Å². The van der Waals surface area contributed by atoms with Gasteiger partial charge in [-0.1, -0.05) is 32.1 Å². The van der Waals surface area contributed by atoms with E-state index in [9.17, 15) is 4.79 Å². The molecule has 2 heteroatoms. The van der Waals surface area contributed by atoms with Crippen LogP contribution in [0.25, 0.3) is 0 Å². The second-order valence-electron chi connectivity index (χ2n) is 5.91. The SMILES string of the molecule is CC1(C)NC(=O)CC1CC1CCCCC1. The second kappa shape index (κ2) is 4.15. The van der Waals surface area contributed by atoms with Crippen LogP contribution in [0.2, 0.25) is 0 Å². The van der Waals surface area contributed by atoms with Gasteiger partial charge in [0.2, 0.25) is 5.91 Å². The fraction of sp³-hybridized carbons (Fsp3) is 0.923. The fourth-order valence-electron chi connectivity index (χ4n) is 3.19. The number of carbonyl (C=O) groups is 1. The lowest BCUT2D eigenvalue weighted by atomic mass is 9.77. The van der Waals surface area contributed by atoms with Gasteiger partial charge in [-0.3, -0.25) is 4.79 Å². The third-order valence-electron chi connectivity index (χ3n) is 4.26. The van der Waals surface area contributed by atoms with Gasteiger partial charge in [-0.15, -0.1) is 0 Å². The van der Waals surface area contributed by atoms with Gasteiger partial charge in [-0.25, -0.2) is 0 Å². The first-order valence-corrected chi connectivity index (χ1v) is 6.39. The molecule has 1 amide bonds. The molecule has 1 aliphatic carbocycles. The maximum atomic E-state index is 11.4. The minimum atomic E-state index is 0.0362. The van der Waals surface area contributed by atoms with E-state index in [-0.39, 0.29) is 11.4 Å². The molecule has 2 nitrogen and oxygen atoms in total. The Morgan fingerprint density at radius 3 is 2.47 bits per heavy atom. The molecular formula is C13H23NO. The molecule has 0 radical (unpaired) electrons. The van der Waals surface area contributed by atoms with Gasteiger partial charge >= 0.3 is 0 Å². The normalized spacial score (nSPS) is 31.6. The average molecular weight is 209 g/mol. The first-order valence-electron chi connectivity index (χ1n) is 6.39. The van der Waals surface area contributed by atoms with E-state index >= 15 is 0 Å². The second-order valence-corrected chi connectivity index (χ2v) is 5.91. The highest BCUT2D eigenvalue weighted by molar-refractivity contribution is 5.79. The molecule has 2 rings (SSSR count). The Morgan fingerprint density at radius 1 is 1.27 bits per heavy atom. The van der Waals surface area contributed by atoms with Crippen molar-refractivity contribution in [1.82, 2.24) is 5.32 Å². The van der Waals surface area contributed by atoms with Crippen molar-refractivity contribution in [2.75, 3.05) is 0 Å². The highest BCUT2D eigenvalue weighted by Crippen LogP contribution is 2.37. The smallest absolute Gasteiger partial charge is 0.220 e. The van der Waals surface area contributed by atoms with Crippen molar-refractivity contribution in [3.8, 4) is 0 Å². The van der Waals surface area contributed by atoms with E-state index in [0.29, 0.717) is 5.92 Å². The van der Waals surface area contributed by atoms with Gasteiger partial charge in [0.25, 0.3) is 0 Å². The highest BCUT2D eigenvalue weighted by atomic mass is 16.2. The van der Waals surface area contributed by atoms with E-state index in [1.165, 1.54) is 38.5 Å². The topological polar surface area (TPSA) is 29.1 Å². The summed E-state index contributed by atoms with van der Waals surface area (Å²) in [4.78, 5) is 11.4. The van der Waals surface area contributed by atoms with Crippen LogP contribution in [0.5, 0.6) is 0 Å². The number of rotatable bonds is 2. The fourth-order valence-corrected chi connectivity index (χ4v) is 3.19. The van der Waals surface area contributed by atoms with Crippen LogP contribution in [0, 0.1) is 11.8 Å². The minimum absolute atomic E-state index is 0.0362. The molecule has 1 N–H and O–H groups in total. The van der Waals surface area contributed by atoms with Gasteiger partial charge in [0.15, 0.2) is 0 Å². The molecule has 1 unspecified atom stereocenters. The van der Waals surface area contributed by atoms with Crippen molar-refractivity contribution in [2.24, 2.45) is 11.8 Å². The Balaban J connectivity index is 1.90. The zero-order chi connectivity index (χ0) is 10.9. The highest BCUT2D eigenvalue weighted by Gasteiger charge is 2.39. The van der Waals surface area contributed by atoms with Gasteiger partial charge in [0, 0.05) is 12.0 Å². The van der Waals surface area contributed by atoms with Crippen LogP contribution < -0.4 is 5.32 Å². The monoisotopic (exact) mass is 209 g/mol. The number of hydrogen-bond acceptors (Lipinski definition) is 1. The molecule has 86 valence electrons. The average Bonchev–Trinajstić information content (AvgIpc) is 2.41. The summed E-state index contributed by atoms with van der Waals surface area (Å²) in [7, 11) is 0. The molecule has 15 heavy (non-hydrogen) atoms. The Bertz CT molecular complexity index is 241. The van der Waals surface area contributed by atoms with Crippen LogP contribution in [0.1, 0.15) is 58.8 Å². The van der Waals surface area contributed by atoms with Gasteiger partial charge in [0.05, 0.1) is 0 Å². The van der Waals surface area contributed by atoms with Gasteiger partial charge in [-0.2, -0.15) is 0 Å². The van der Waals surface area contributed by atoms with E-state index in [0.717, 1.165) is 12.3 Å². The van der Waals surface area contributed by atoms with Crippen molar-refractivity contribution >= 4 is 5.91 Å². The van der Waals surface area contributed by atoms with E-state index in [1.54, 1.807) is 0 Å². The van der Waals surface area contributed by atoms with Crippen molar-refractivity contribution in [3.63, 3.8) is 0 Å². The quantitative estimate of drug-likeness (QED) is 0.744. The molecule has 0 aromatic carbocycles. The molecule has 2 fully saturated rings. The third kappa shape index (κ3) is 2.53. The zero-order valence-corrected chi connectivity index (χ0v) is 10.0. The van der Waals surface area contributed by atoms with Crippen LogP contribution in [-0.2, 0) is 4.79 Å². The molecule has 1 atom stereocenters. The van der Waals surface area contributed by atoms with Crippen molar-refractivity contribution < 1.29 is 4.79 Å². The van der Waals surface area contributed by atoms with Gasteiger partial charge < -0.3 is 5.32 Å². The molecule has 0 bridgehead atoms. The standard InChI is InChI=1S/C13H23NO/c1-13(2)11(9-12(15)14-13)8-10-6-4-3-5-7-10/h10-11H,3-9H2,1-2H3,(H,14,15). The molecule has 1 saturated heterocycles. The number of hydrogen-bond donors (Lipinski definition) is 1. The van der Waals surface area contributed by atoms with E-state index < -0.39 is 0 Å². The molecule has 0 aromatic heterocycles. The summed E-state index contributed by atoms with van der Waals surface area (Å²) in [5.74, 6) is 1.70. The minimum Gasteiger partial charge on any atom is -0.351 e. The zero-order valence-electron chi connectivity index (χ0n) is 10.0.